The number of carbonyl (C=O) groups is 4. The fourth-order valence-corrected chi connectivity index (χ4v) is 1.58. The number of aliphatic carboxylic acids is 2. The third-order valence-corrected chi connectivity index (χ3v) is 2.75. The fourth-order valence-electron chi connectivity index (χ4n) is 1.21. The number of carbonyl (C=O) groups excluding carboxylic acids is 3. The molecule has 0 radical (unpaired) electrons. The van der Waals surface area contributed by atoms with Crippen LogP contribution < -0.4 is 21.5 Å². The lowest BCUT2D eigenvalue weighted by atomic mass is 10.1. The van der Waals surface area contributed by atoms with E-state index in [2.05, 4.69) is 5.32 Å². The van der Waals surface area contributed by atoms with Crippen LogP contribution in [0.25, 0.3) is 0 Å². The zero-order chi connectivity index (χ0) is 16.4. The van der Waals surface area contributed by atoms with E-state index in [4.69, 9.17) is 10.8 Å². The van der Waals surface area contributed by atoms with E-state index in [-0.39, 0.29) is 30.3 Å². The third-order valence-electron chi connectivity index (χ3n) is 2.29. The molecule has 0 rings (SSSR count). The first kappa shape index (κ1) is 18.9. The Hall–Kier alpha value is -2.14. The maximum Gasteiger partial charge on any atom is 0.461 e. The molecule has 2 atom stereocenters. The molecule has 0 aromatic rings. The molecule has 0 fully saturated rings. The molecule has 21 heavy (non-hydrogen) atoms. The second-order valence-corrected chi connectivity index (χ2v) is 4.55. The van der Waals surface area contributed by atoms with Crippen molar-refractivity contribution >= 4 is 35.4 Å². The zero-order valence-corrected chi connectivity index (χ0v) is 11.7. The summed E-state index contributed by atoms with van der Waals surface area (Å²) in [5.74, 6) is -4.59. The van der Waals surface area contributed by atoms with Crippen LogP contribution >= 0.6 is 0 Å². The maximum atomic E-state index is 11.5. The number of amides is 2. The fraction of sp³-hybridized carbons (Fsp3) is 0.600. The third kappa shape index (κ3) is 8.60. The van der Waals surface area contributed by atoms with E-state index in [0.717, 1.165) is 0 Å². The molecule has 0 aliphatic rings. The summed E-state index contributed by atoms with van der Waals surface area (Å²) in [6.07, 6.45) is -0.469. The summed E-state index contributed by atoms with van der Waals surface area (Å²) < 4.78 is 10.5. The summed E-state index contributed by atoms with van der Waals surface area (Å²) in [5.41, 5.74) is 5.15. The van der Waals surface area contributed by atoms with Crippen molar-refractivity contribution in [2.75, 3.05) is 12.3 Å². The molecule has 11 heteroatoms. The van der Waals surface area contributed by atoms with Gasteiger partial charge in [0.25, 0.3) is 5.75 Å². The molecule has 5 N–H and O–H groups in total. The van der Waals surface area contributed by atoms with Crippen LogP contribution in [0.1, 0.15) is 12.8 Å². The Balaban J connectivity index is 4.38. The van der Waals surface area contributed by atoms with Gasteiger partial charge < -0.3 is 31.4 Å². The molecule has 0 unspecified atom stereocenters. The lowest BCUT2D eigenvalue weighted by Crippen LogP contribution is -2.50. The van der Waals surface area contributed by atoms with E-state index in [9.17, 15) is 28.5 Å². The van der Waals surface area contributed by atoms with E-state index in [1.807, 2.05) is 5.32 Å². The van der Waals surface area contributed by atoms with Crippen LogP contribution in [0.4, 0.5) is 0 Å². The smallest absolute Gasteiger partial charge is 0.461 e. The second kappa shape index (κ2) is 9.72. The topological polar surface area (TPSA) is 179 Å². The summed E-state index contributed by atoms with van der Waals surface area (Å²) in [4.78, 5) is 43.7. The van der Waals surface area contributed by atoms with Gasteiger partial charge in [0, 0.05) is 16.7 Å². The molecule has 0 saturated carbocycles. The largest absolute Gasteiger partial charge is 0.548 e. The normalized spacial score (nSPS) is 12.8. The predicted molar refractivity (Wildman–Crippen MR) is 67.7 cm³/mol. The summed E-state index contributed by atoms with van der Waals surface area (Å²) in [5, 5.41) is 23.0. The number of carboxylic acids is 2. The Morgan fingerprint density at radius 2 is 1.90 bits per heavy atom. The first-order chi connectivity index (χ1) is 9.77. The van der Waals surface area contributed by atoms with Crippen LogP contribution in [0, 0.1) is 0 Å². The minimum atomic E-state index is -1.51. The monoisotopic (exact) mass is 321 g/mol. The highest BCUT2D eigenvalue weighted by Crippen LogP contribution is 1.95. The van der Waals surface area contributed by atoms with Crippen LogP contribution in [-0.4, -0.2) is 53.2 Å². The summed E-state index contributed by atoms with van der Waals surface area (Å²) in [6, 6.07) is -2.53. The van der Waals surface area contributed by atoms with Gasteiger partial charge in [0.2, 0.25) is 11.8 Å². The molecule has 0 heterocycles. The van der Waals surface area contributed by atoms with E-state index < -0.39 is 42.4 Å². The molecular formula is C10H15N3O7S. The highest BCUT2D eigenvalue weighted by Gasteiger charge is 2.26. The number of hydrogen-bond donors (Lipinski definition) is 4. The van der Waals surface area contributed by atoms with Crippen molar-refractivity contribution in [1.29, 1.82) is 0 Å². The van der Waals surface area contributed by atoms with Gasteiger partial charge in [-0.15, -0.1) is 0 Å². The number of hydrogen-bond acceptors (Lipinski definition) is 7. The molecule has 0 aliphatic heterocycles. The Morgan fingerprint density at radius 1 is 1.29 bits per heavy atom. The van der Waals surface area contributed by atoms with Crippen molar-refractivity contribution in [3.05, 3.63) is 0 Å². The Bertz CT molecular complexity index is 429. The Morgan fingerprint density at radius 3 is 2.38 bits per heavy atom. The van der Waals surface area contributed by atoms with Crippen molar-refractivity contribution in [3.63, 3.8) is 0 Å². The first-order valence-corrected chi connectivity index (χ1v) is 6.69. The summed E-state index contributed by atoms with van der Waals surface area (Å²) in [6.45, 7) is -0.649. The molecule has 0 aromatic carbocycles. The van der Waals surface area contributed by atoms with Gasteiger partial charge in [-0.2, -0.15) is 0 Å². The maximum absolute atomic E-state index is 11.5. The highest BCUT2D eigenvalue weighted by atomic mass is 32.1. The molecular weight excluding hydrogens is 306 g/mol. The molecule has 0 saturated heterocycles. The standard InChI is InChI=1S/C10H15N3O7S/c11-5(10(18)19)1-2-7(14)13-6(4-21-20)9(17)12-3-8(15)16/h5-6H,1-4,11H2,(H3-,12,13,14,15,16,17,18,19)/t5-,6-/m0/s1. The summed E-state index contributed by atoms with van der Waals surface area (Å²) in [7, 11) is 0. The zero-order valence-electron chi connectivity index (χ0n) is 10.9. The average molecular weight is 321 g/mol. The quantitative estimate of drug-likeness (QED) is 0.293. The molecule has 0 bridgehead atoms. The molecule has 10 nitrogen and oxygen atoms in total. The van der Waals surface area contributed by atoms with Gasteiger partial charge in [0.05, 0.1) is 5.97 Å². The van der Waals surface area contributed by atoms with Crippen molar-refractivity contribution in [2.24, 2.45) is 5.73 Å². The van der Waals surface area contributed by atoms with Crippen molar-refractivity contribution in [3.8, 4) is 0 Å². The van der Waals surface area contributed by atoms with Gasteiger partial charge in [0.1, 0.15) is 6.54 Å². The highest BCUT2D eigenvalue weighted by molar-refractivity contribution is 7.65. The van der Waals surface area contributed by atoms with Gasteiger partial charge in [0.15, 0.2) is 6.04 Å². The minimum Gasteiger partial charge on any atom is -0.548 e. The van der Waals surface area contributed by atoms with Gasteiger partial charge >= 0.3 is 17.6 Å². The lowest BCUT2D eigenvalue weighted by molar-refractivity contribution is -0.307. The first-order valence-electron chi connectivity index (χ1n) is 5.78. The number of nitrogens with two attached hydrogens (primary N) is 1. The van der Waals surface area contributed by atoms with Gasteiger partial charge in [-0.05, 0) is 6.42 Å². The van der Waals surface area contributed by atoms with Crippen LogP contribution in [-0.2, 0) is 35.1 Å². The van der Waals surface area contributed by atoms with Crippen LogP contribution in [0.5, 0.6) is 0 Å². The van der Waals surface area contributed by atoms with Crippen LogP contribution in [0.15, 0.2) is 0 Å². The van der Waals surface area contributed by atoms with Gasteiger partial charge in [-0.1, -0.05) is 0 Å². The van der Waals surface area contributed by atoms with E-state index >= 15 is 0 Å². The molecule has 0 aromatic heterocycles. The summed E-state index contributed by atoms with van der Waals surface area (Å²) >= 11 is 0.0418. The van der Waals surface area contributed by atoms with E-state index in [0.29, 0.717) is 0 Å². The lowest BCUT2D eigenvalue weighted by Gasteiger charge is -2.14. The van der Waals surface area contributed by atoms with E-state index in [1.54, 1.807) is 0 Å². The number of carboxylic acid groups (broad SMARTS) is 2. The average Bonchev–Trinajstić information content (AvgIpc) is 2.41. The molecule has 2 amide bonds. The minimum absolute atomic E-state index is 0.0418. The van der Waals surface area contributed by atoms with Crippen molar-refractivity contribution in [1.82, 2.24) is 10.6 Å². The molecule has 0 aliphatic carbocycles. The Labute approximate surface area is 123 Å². The SMILES string of the molecule is N[C@@H](CCC(=O)N[C@@H](C[S+]=O)C(=O)NCC(=O)O)C(=O)[O-]. The molecule has 118 valence electrons. The van der Waals surface area contributed by atoms with Crippen molar-refractivity contribution < 1.29 is 33.6 Å². The van der Waals surface area contributed by atoms with E-state index in [1.165, 1.54) is 0 Å². The van der Waals surface area contributed by atoms with Crippen molar-refractivity contribution in [2.45, 2.75) is 24.9 Å². The second-order valence-electron chi connectivity index (χ2n) is 3.98. The van der Waals surface area contributed by atoms with Gasteiger partial charge in [-0.25, -0.2) is 0 Å². The van der Waals surface area contributed by atoms with Crippen LogP contribution in [0.2, 0.25) is 0 Å². The van der Waals surface area contributed by atoms with Gasteiger partial charge in [-0.3, -0.25) is 14.4 Å². The molecule has 0 spiro atoms. The predicted octanol–water partition coefficient (Wildman–Crippen LogP) is -4.04. The van der Waals surface area contributed by atoms with Crippen LogP contribution in [0.3, 0.4) is 0 Å². The number of nitrogens with one attached hydrogen (secondary N) is 2. The Kier molecular flexibility index (Phi) is 8.73. The number of rotatable bonds is 10.